The number of rotatable bonds is 9. The molecule has 9 heteroatoms. The number of hydrogen-bond donors (Lipinski definition) is 1. The van der Waals surface area contributed by atoms with Gasteiger partial charge < -0.3 is 19.5 Å². The normalized spacial score (nSPS) is 11.6. The molecule has 2 aromatic rings. The second-order valence-electron chi connectivity index (χ2n) is 6.68. The molecule has 0 aliphatic heterocycles. The van der Waals surface area contributed by atoms with Gasteiger partial charge in [0.15, 0.2) is 12.4 Å². The molecule has 0 saturated carbocycles. The highest BCUT2D eigenvalue weighted by atomic mass is 16.5. The van der Waals surface area contributed by atoms with E-state index in [0.29, 0.717) is 6.42 Å². The predicted molar refractivity (Wildman–Crippen MR) is 104 cm³/mol. The molecule has 1 aromatic heterocycles. The summed E-state index contributed by atoms with van der Waals surface area (Å²) in [5.41, 5.74) is 0.674. The lowest BCUT2D eigenvalue weighted by atomic mass is 10.0. The molecule has 0 fully saturated rings. The van der Waals surface area contributed by atoms with Crippen molar-refractivity contribution in [3.05, 3.63) is 42.2 Å². The van der Waals surface area contributed by atoms with Crippen molar-refractivity contribution >= 4 is 17.8 Å². The molecular formula is C20H25N3O6. The molecule has 0 aliphatic rings. The second kappa shape index (κ2) is 10.3. The van der Waals surface area contributed by atoms with Crippen LogP contribution in [-0.2, 0) is 19.1 Å². The maximum atomic E-state index is 12.4. The van der Waals surface area contributed by atoms with E-state index in [9.17, 15) is 14.4 Å². The Labute approximate surface area is 168 Å². The molecule has 0 bridgehead atoms. The van der Waals surface area contributed by atoms with Crippen molar-refractivity contribution in [3.8, 4) is 11.4 Å². The summed E-state index contributed by atoms with van der Waals surface area (Å²) < 4.78 is 16.4. The van der Waals surface area contributed by atoms with Crippen molar-refractivity contribution in [1.82, 2.24) is 15.1 Å². The zero-order chi connectivity index (χ0) is 21.4. The lowest BCUT2D eigenvalue weighted by molar-refractivity contribution is -0.145. The van der Waals surface area contributed by atoms with Crippen LogP contribution in [0.25, 0.3) is 5.69 Å². The fourth-order valence-electron chi connectivity index (χ4n) is 2.63. The standard InChI is InChI=1S/C20H25N3O6/c1-13(2)10-15(19(25)28-4)21-17(24)12-29-20(26)18-16(27-3)11-23(22-18)14-8-6-5-7-9-14/h5-9,11,13,15H,10,12H2,1-4H3,(H,21,24)/t15-/m1/s1. The van der Waals surface area contributed by atoms with Crippen LogP contribution in [0.1, 0.15) is 30.8 Å². The number of ether oxygens (including phenoxy) is 3. The van der Waals surface area contributed by atoms with Gasteiger partial charge in [0, 0.05) is 0 Å². The first-order valence-corrected chi connectivity index (χ1v) is 9.09. The summed E-state index contributed by atoms with van der Waals surface area (Å²) in [6.45, 7) is 3.26. The predicted octanol–water partition coefficient (Wildman–Crippen LogP) is 1.74. The molecule has 0 saturated heterocycles. The highest BCUT2D eigenvalue weighted by Gasteiger charge is 2.25. The van der Waals surface area contributed by atoms with E-state index in [1.54, 1.807) is 6.20 Å². The van der Waals surface area contributed by atoms with Crippen LogP contribution in [-0.4, -0.2) is 54.5 Å². The molecule has 0 radical (unpaired) electrons. The first-order chi connectivity index (χ1) is 13.8. The van der Waals surface area contributed by atoms with Gasteiger partial charge in [0.25, 0.3) is 5.91 Å². The topological polar surface area (TPSA) is 109 Å². The van der Waals surface area contributed by atoms with Crippen LogP contribution in [0.2, 0.25) is 0 Å². The minimum absolute atomic E-state index is 0.0594. The lowest BCUT2D eigenvalue weighted by Crippen LogP contribution is -2.44. The van der Waals surface area contributed by atoms with Crippen molar-refractivity contribution in [1.29, 1.82) is 0 Å². The Balaban J connectivity index is 2.02. The number of amides is 1. The van der Waals surface area contributed by atoms with E-state index >= 15 is 0 Å². The minimum Gasteiger partial charge on any atom is -0.493 e. The number of esters is 2. The third-order valence-electron chi connectivity index (χ3n) is 3.98. The number of para-hydroxylation sites is 1. The average Bonchev–Trinajstić information content (AvgIpc) is 3.16. The van der Waals surface area contributed by atoms with Gasteiger partial charge in [0.05, 0.1) is 26.1 Å². The van der Waals surface area contributed by atoms with E-state index in [0.717, 1.165) is 5.69 Å². The number of nitrogens with zero attached hydrogens (tertiary/aromatic N) is 2. The molecular weight excluding hydrogens is 378 g/mol. The molecule has 9 nitrogen and oxygen atoms in total. The summed E-state index contributed by atoms with van der Waals surface area (Å²) in [5, 5.41) is 6.70. The Morgan fingerprint density at radius 3 is 2.41 bits per heavy atom. The van der Waals surface area contributed by atoms with Crippen LogP contribution in [0.15, 0.2) is 36.5 Å². The monoisotopic (exact) mass is 403 g/mol. The quantitative estimate of drug-likeness (QED) is 0.635. The van der Waals surface area contributed by atoms with Crippen LogP contribution in [0.3, 0.4) is 0 Å². The molecule has 1 heterocycles. The van der Waals surface area contributed by atoms with Gasteiger partial charge in [0.2, 0.25) is 5.69 Å². The number of hydrogen-bond acceptors (Lipinski definition) is 7. The maximum absolute atomic E-state index is 12.4. The van der Waals surface area contributed by atoms with Gasteiger partial charge in [-0.25, -0.2) is 14.3 Å². The van der Waals surface area contributed by atoms with Crippen LogP contribution in [0.5, 0.6) is 5.75 Å². The number of methoxy groups -OCH3 is 2. The average molecular weight is 403 g/mol. The van der Waals surface area contributed by atoms with Crippen LogP contribution in [0, 0.1) is 5.92 Å². The third kappa shape index (κ3) is 6.06. The van der Waals surface area contributed by atoms with Gasteiger partial charge in [-0.2, -0.15) is 5.10 Å². The first-order valence-electron chi connectivity index (χ1n) is 9.09. The number of carbonyl (C=O) groups is 3. The molecule has 29 heavy (non-hydrogen) atoms. The summed E-state index contributed by atoms with van der Waals surface area (Å²) in [6.07, 6.45) is 1.95. The summed E-state index contributed by atoms with van der Waals surface area (Å²) in [7, 11) is 2.65. The molecule has 1 N–H and O–H groups in total. The third-order valence-corrected chi connectivity index (χ3v) is 3.98. The van der Waals surface area contributed by atoms with Crippen molar-refractivity contribution in [2.75, 3.05) is 20.8 Å². The van der Waals surface area contributed by atoms with Gasteiger partial charge in [0.1, 0.15) is 6.04 Å². The van der Waals surface area contributed by atoms with Gasteiger partial charge in [-0.3, -0.25) is 4.79 Å². The number of nitrogens with one attached hydrogen (secondary N) is 1. The summed E-state index contributed by atoms with van der Waals surface area (Å²) in [6, 6.07) is 8.35. The van der Waals surface area contributed by atoms with Crippen molar-refractivity contribution < 1.29 is 28.6 Å². The number of aromatic nitrogens is 2. The molecule has 0 spiro atoms. The Kier molecular flexibility index (Phi) is 7.76. The number of carbonyl (C=O) groups excluding carboxylic acids is 3. The number of benzene rings is 1. The fraction of sp³-hybridized carbons (Fsp3) is 0.400. The molecule has 0 unspecified atom stereocenters. The Bertz CT molecular complexity index is 847. The molecule has 1 atom stereocenters. The Morgan fingerprint density at radius 1 is 1.14 bits per heavy atom. The Hall–Kier alpha value is -3.36. The van der Waals surface area contributed by atoms with E-state index in [1.165, 1.54) is 18.9 Å². The summed E-state index contributed by atoms with van der Waals surface area (Å²) in [4.78, 5) is 36.3. The smallest absolute Gasteiger partial charge is 0.363 e. The first kappa shape index (κ1) is 21.9. The Morgan fingerprint density at radius 2 is 1.83 bits per heavy atom. The summed E-state index contributed by atoms with van der Waals surface area (Å²) in [5.74, 6) is -1.61. The van der Waals surface area contributed by atoms with Crippen LogP contribution in [0.4, 0.5) is 0 Å². The minimum atomic E-state index is -0.815. The lowest BCUT2D eigenvalue weighted by Gasteiger charge is -2.18. The molecule has 0 aliphatic carbocycles. The van der Waals surface area contributed by atoms with Crippen molar-refractivity contribution in [2.45, 2.75) is 26.3 Å². The van der Waals surface area contributed by atoms with Gasteiger partial charge >= 0.3 is 11.9 Å². The van der Waals surface area contributed by atoms with Gasteiger partial charge in [-0.15, -0.1) is 0 Å². The van der Waals surface area contributed by atoms with E-state index < -0.39 is 30.5 Å². The fourth-order valence-corrected chi connectivity index (χ4v) is 2.63. The van der Waals surface area contributed by atoms with Crippen molar-refractivity contribution in [3.63, 3.8) is 0 Å². The van der Waals surface area contributed by atoms with Gasteiger partial charge in [-0.05, 0) is 24.5 Å². The summed E-state index contributed by atoms with van der Waals surface area (Å²) >= 11 is 0. The molecule has 1 aromatic carbocycles. The van der Waals surface area contributed by atoms with Crippen molar-refractivity contribution in [2.24, 2.45) is 5.92 Å². The molecule has 2 rings (SSSR count). The second-order valence-corrected chi connectivity index (χ2v) is 6.68. The van der Waals surface area contributed by atoms with E-state index in [1.807, 2.05) is 44.2 Å². The van der Waals surface area contributed by atoms with E-state index in [4.69, 9.17) is 14.2 Å². The SMILES string of the molecule is COC(=O)[C@@H](CC(C)C)NC(=O)COC(=O)c1nn(-c2ccccc2)cc1OC. The largest absolute Gasteiger partial charge is 0.493 e. The van der Waals surface area contributed by atoms with E-state index in [2.05, 4.69) is 10.4 Å². The maximum Gasteiger partial charge on any atom is 0.363 e. The van der Waals surface area contributed by atoms with Gasteiger partial charge in [-0.1, -0.05) is 32.0 Å². The highest BCUT2D eigenvalue weighted by molar-refractivity contribution is 5.92. The van der Waals surface area contributed by atoms with Crippen LogP contribution < -0.4 is 10.1 Å². The molecule has 1 amide bonds. The zero-order valence-corrected chi connectivity index (χ0v) is 16.9. The highest BCUT2D eigenvalue weighted by Crippen LogP contribution is 2.20. The zero-order valence-electron chi connectivity index (χ0n) is 16.9. The van der Waals surface area contributed by atoms with E-state index in [-0.39, 0.29) is 17.4 Å². The molecule has 156 valence electrons. The van der Waals surface area contributed by atoms with Crippen LogP contribution >= 0.6 is 0 Å².